The van der Waals surface area contributed by atoms with Gasteiger partial charge in [-0.15, -0.1) is 6.42 Å². The van der Waals surface area contributed by atoms with E-state index < -0.39 is 5.82 Å². The zero-order valence-electron chi connectivity index (χ0n) is 11.3. The average Bonchev–Trinajstić information content (AvgIpc) is 2.42. The van der Waals surface area contributed by atoms with Crippen molar-refractivity contribution in [2.24, 2.45) is 0 Å². The molecule has 21 heavy (non-hydrogen) atoms. The van der Waals surface area contributed by atoms with Gasteiger partial charge in [0, 0.05) is 5.56 Å². The molecule has 1 aromatic heterocycles. The number of terminal acetylenes is 1. The largest absolute Gasteiger partial charge is 0.489 e. The lowest BCUT2D eigenvalue weighted by molar-refractivity contribution is 0.242. The molecule has 0 amide bonds. The molecule has 0 aliphatic carbocycles. The Morgan fingerprint density at radius 1 is 1.29 bits per heavy atom. The van der Waals surface area contributed by atoms with Gasteiger partial charge in [0.1, 0.15) is 28.6 Å². The van der Waals surface area contributed by atoms with Crippen molar-refractivity contribution in [1.29, 1.82) is 0 Å². The number of hydrogen-bond donors (Lipinski definition) is 0. The maximum Gasteiger partial charge on any atom is 0.139 e. The van der Waals surface area contributed by atoms with E-state index >= 15 is 0 Å². The average molecular weight is 325 g/mol. The monoisotopic (exact) mass is 324 g/mol. The maximum atomic E-state index is 14.2. The van der Waals surface area contributed by atoms with Crippen LogP contribution in [0.1, 0.15) is 19.5 Å². The number of nitrogens with zero attached hydrogens (tertiary/aromatic N) is 2. The first-order chi connectivity index (χ1) is 9.93. The van der Waals surface area contributed by atoms with Gasteiger partial charge in [-0.05, 0) is 31.9 Å². The van der Waals surface area contributed by atoms with Crippen LogP contribution in [-0.2, 0) is 0 Å². The van der Waals surface area contributed by atoms with Crippen molar-refractivity contribution < 1.29 is 9.13 Å². The Labute approximate surface area is 132 Å². The van der Waals surface area contributed by atoms with Crippen LogP contribution in [0.25, 0.3) is 11.3 Å². The van der Waals surface area contributed by atoms with Gasteiger partial charge in [-0.25, -0.2) is 14.4 Å². The number of ether oxygens (including phenoxy) is 1. The van der Waals surface area contributed by atoms with Crippen LogP contribution in [0.5, 0.6) is 5.75 Å². The van der Waals surface area contributed by atoms with Crippen LogP contribution in [0.15, 0.2) is 18.5 Å². The van der Waals surface area contributed by atoms with Crippen LogP contribution in [0.4, 0.5) is 4.39 Å². The molecule has 0 aliphatic heterocycles. The first-order valence-electron chi connectivity index (χ1n) is 6.07. The molecule has 0 fully saturated rings. The Balaban J connectivity index is 2.62. The fraction of sp³-hybridized carbons (Fsp3) is 0.200. The summed E-state index contributed by atoms with van der Waals surface area (Å²) >= 11 is 12.1. The summed E-state index contributed by atoms with van der Waals surface area (Å²) in [5.74, 6) is 2.10. The van der Waals surface area contributed by atoms with Gasteiger partial charge in [0.05, 0.1) is 16.8 Å². The fourth-order valence-corrected chi connectivity index (χ4v) is 2.16. The molecule has 1 aromatic carbocycles. The van der Waals surface area contributed by atoms with E-state index in [2.05, 4.69) is 15.9 Å². The standard InChI is InChI=1S/C15H11Cl2FN2O/c1-4-12-14(17)15(20-7-19-12)9-5-13(21-8(2)3)10(16)6-11(9)18/h1,5-8H,2-3H3. The first kappa shape index (κ1) is 15.6. The molecule has 0 saturated heterocycles. The van der Waals surface area contributed by atoms with Crippen LogP contribution >= 0.6 is 23.2 Å². The van der Waals surface area contributed by atoms with Crippen molar-refractivity contribution in [1.82, 2.24) is 9.97 Å². The van der Waals surface area contributed by atoms with Crippen molar-refractivity contribution >= 4 is 23.2 Å². The third-order valence-corrected chi connectivity index (χ3v) is 3.22. The summed E-state index contributed by atoms with van der Waals surface area (Å²) in [6.07, 6.45) is 6.41. The van der Waals surface area contributed by atoms with E-state index in [1.165, 1.54) is 12.4 Å². The van der Waals surface area contributed by atoms with Gasteiger partial charge in [-0.1, -0.05) is 23.2 Å². The third-order valence-electron chi connectivity index (χ3n) is 2.57. The third kappa shape index (κ3) is 3.26. The summed E-state index contributed by atoms with van der Waals surface area (Å²) in [4.78, 5) is 7.83. The Hall–Kier alpha value is -1.83. The van der Waals surface area contributed by atoms with Gasteiger partial charge in [-0.2, -0.15) is 0 Å². The lowest BCUT2D eigenvalue weighted by Gasteiger charge is -2.14. The summed E-state index contributed by atoms with van der Waals surface area (Å²) in [5, 5.41) is 0.282. The normalized spacial score (nSPS) is 10.5. The highest BCUT2D eigenvalue weighted by Crippen LogP contribution is 2.36. The van der Waals surface area contributed by atoms with Gasteiger partial charge in [0.15, 0.2) is 0 Å². The second-order valence-corrected chi connectivity index (χ2v) is 5.24. The van der Waals surface area contributed by atoms with Crippen molar-refractivity contribution in [3.05, 3.63) is 40.0 Å². The van der Waals surface area contributed by atoms with Crippen molar-refractivity contribution in [3.63, 3.8) is 0 Å². The second kappa shape index (κ2) is 6.30. The highest BCUT2D eigenvalue weighted by atomic mass is 35.5. The molecule has 0 N–H and O–H groups in total. The predicted molar refractivity (Wildman–Crippen MR) is 81.1 cm³/mol. The zero-order valence-corrected chi connectivity index (χ0v) is 12.8. The molecule has 0 bridgehead atoms. The molecule has 3 nitrogen and oxygen atoms in total. The van der Waals surface area contributed by atoms with E-state index in [0.717, 1.165) is 6.07 Å². The van der Waals surface area contributed by atoms with Crippen molar-refractivity contribution in [2.45, 2.75) is 20.0 Å². The minimum atomic E-state index is -0.570. The molecule has 1 heterocycles. The fourth-order valence-electron chi connectivity index (χ4n) is 1.71. The van der Waals surface area contributed by atoms with Crippen LogP contribution in [0, 0.1) is 18.2 Å². The number of benzene rings is 1. The smallest absolute Gasteiger partial charge is 0.139 e. The summed E-state index contributed by atoms with van der Waals surface area (Å²) in [6.45, 7) is 3.68. The molecular weight excluding hydrogens is 314 g/mol. The summed E-state index contributed by atoms with van der Waals surface area (Å²) in [7, 11) is 0. The molecule has 0 atom stereocenters. The minimum Gasteiger partial charge on any atom is -0.489 e. The molecule has 0 unspecified atom stereocenters. The number of halogens is 3. The van der Waals surface area contributed by atoms with E-state index in [9.17, 15) is 4.39 Å². The Bertz CT molecular complexity index is 726. The SMILES string of the molecule is C#Cc1ncnc(-c2cc(OC(C)C)c(Cl)cc2F)c1Cl. The molecule has 0 aliphatic rings. The molecule has 2 aromatic rings. The van der Waals surface area contributed by atoms with Crippen molar-refractivity contribution in [3.8, 4) is 29.4 Å². The number of hydrogen-bond acceptors (Lipinski definition) is 3. The second-order valence-electron chi connectivity index (χ2n) is 4.46. The molecule has 2 rings (SSSR count). The van der Waals surface area contributed by atoms with E-state index in [1.807, 2.05) is 13.8 Å². The van der Waals surface area contributed by atoms with E-state index in [0.29, 0.717) is 5.75 Å². The van der Waals surface area contributed by atoms with E-state index in [-0.39, 0.29) is 33.1 Å². The molecule has 6 heteroatoms. The van der Waals surface area contributed by atoms with E-state index in [4.69, 9.17) is 34.4 Å². The molecule has 0 spiro atoms. The van der Waals surface area contributed by atoms with Gasteiger partial charge >= 0.3 is 0 Å². The lowest BCUT2D eigenvalue weighted by Crippen LogP contribution is -2.06. The lowest BCUT2D eigenvalue weighted by atomic mass is 10.1. The number of rotatable bonds is 3. The maximum absolute atomic E-state index is 14.2. The van der Waals surface area contributed by atoms with Crippen molar-refractivity contribution in [2.75, 3.05) is 0 Å². The van der Waals surface area contributed by atoms with Gasteiger partial charge in [0.2, 0.25) is 0 Å². The van der Waals surface area contributed by atoms with Crippen LogP contribution in [0.2, 0.25) is 10.0 Å². The zero-order chi connectivity index (χ0) is 15.6. The minimum absolute atomic E-state index is 0.108. The molecule has 108 valence electrons. The summed E-state index contributed by atoms with van der Waals surface area (Å²) < 4.78 is 19.7. The quantitative estimate of drug-likeness (QED) is 0.787. The van der Waals surface area contributed by atoms with E-state index in [1.54, 1.807) is 0 Å². The van der Waals surface area contributed by atoms with Gasteiger partial charge in [0.25, 0.3) is 0 Å². The Morgan fingerprint density at radius 3 is 2.62 bits per heavy atom. The Kier molecular flexibility index (Phi) is 4.66. The topological polar surface area (TPSA) is 35.0 Å². The highest BCUT2D eigenvalue weighted by Gasteiger charge is 2.17. The molecular formula is C15H11Cl2FN2O. The number of aromatic nitrogens is 2. The van der Waals surface area contributed by atoms with Crippen LogP contribution in [-0.4, -0.2) is 16.1 Å². The molecule has 0 saturated carbocycles. The highest BCUT2D eigenvalue weighted by molar-refractivity contribution is 6.34. The van der Waals surface area contributed by atoms with Crippen LogP contribution in [0.3, 0.4) is 0 Å². The summed E-state index contributed by atoms with van der Waals surface area (Å²) in [5.41, 5.74) is 0.545. The van der Waals surface area contributed by atoms with Gasteiger partial charge < -0.3 is 4.74 Å². The van der Waals surface area contributed by atoms with Gasteiger partial charge in [-0.3, -0.25) is 0 Å². The predicted octanol–water partition coefficient (Wildman–Crippen LogP) is 4.36. The summed E-state index contributed by atoms with van der Waals surface area (Å²) in [6, 6.07) is 2.61. The first-order valence-corrected chi connectivity index (χ1v) is 6.82. The molecule has 0 radical (unpaired) electrons. The van der Waals surface area contributed by atoms with Crippen LogP contribution < -0.4 is 4.74 Å². The Morgan fingerprint density at radius 2 is 2.00 bits per heavy atom.